The van der Waals surface area contributed by atoms with Crippen molar-refractivity contribution in [1.29, 1.82) is 0 Å². The molecule has 148 valence electrons. The Balaban J connectivity index is 1.50. The van der Waals surface area contributed by atoms with Crippen LogP contribution in [0.15, 0.2) is 48.5 Å². The van der Waals surface area contributed by atoms with Crippen molar-refractivity contribution in [3.63, 3.8) is 0 Å². The van der Waals surface area contributed by atoms with E-state index in [1.807, 2.05) is 24.3 Å². The molecule has 3 aliphatic heterocycles. The second-order valence-electron chi connectivity index (χ2n) is 7.88. The molecule has 0 N–H and O–H groups in total. The third-order valence-electron chi connectivity index (χ3n) is 6.19. The van der Waals surface area contributed by atoms with Gasteiger partial charge in [-0.2, -0.15) is 0 Å². The van der Waals surface area contributed by atoms with Gasteiger partial charge in [0.15, 0.2) is 0 Å². The van der Waals surface area contributed by atoms with Crippen molar-refractivity contribution >= 4 is 29.1 Å². The number of aryl methyl sites for hydroxylation is 1. The monoisotopic (exact) mass is 389 g/mol. The van der Waals surface area contributed by atoms with Crippen LogP contribution in [0.25, 0.3) is 0 Å². The summed E-state index contributed by atoms with van der Waals surface area (Å²) in [5.74, 6) is -0.381. The van der Waals surface area contributed by atoms with Crippen LogP contribution in [0.3, 0.4) is 0 Å². The standard InChI is InChI=1S/C23H23N3O3/c27-21(24-13-5-8-16-7-1-3-10-18(16)24)15-26-19-11-4-2-9-17(19)22(28)25-14-6-12-20(25)23(26)29/h1-4,7,9-11,20H,5-6,8,12-15H2/t20-/m1/s1. The first kappa shape index (κ1) is 17.9. The van der Waals surface area contributed by atoms with Gasteiger partial charge in [0.25, 0.3) is 5.91 Å². The molecule has 0 saturated carbocycles. The predicted octanol–water partition coefficient (Wildman–Crippen LogP) is 2.62. The molecule has 0 aromatic heterocycles. The van der Waals surface area contributed by atoms with Gasteiger partial charge in [-0.25, -0.2) is 0 Å². The average Bonchev–Trinajstić information content (AvgIpc) is 3.23. The van der Waals surface area contributed by atoms with Crippen LogP contribution in [0.4, 0.5) is 11.4 Å². The summed E-state index contributed by atoms with van der Waals surface area (Å²) in [6, 6.07) is 14.6. The highest BCUT2D eigenvalue weighted by Crippen LogP contribution is 2.33. The molecule has 0 aliphatic carbocycles. The Kier molecular flexibility index (Phi) is 4.34. The minimum Gasteiger partial charge on any atom is -0.327 e. The lowest BCUT2D eigenvalue weighted by Crippen LogP contribution is -2.49. The van der Waals surface area contributed by atoms with Crippen LogP contribution in [-0.4, -0.2) is 48.3 Å². The first-order valence-corrected chi connectivity index (χ1v) is 10.2. The van der Waals surface area contributed by atoms with Crippen LogP contribution < -0.4 is 9.80 Å². The molecule has 0 radical (unpaired) electrons. The Hall–Kier alpha value is -3.15. The predicted molar refractivity (Wildman–Crippen MR) is 110 cm³/mol. The molecular formula is C23H23N3O3. The van der Waals surface area contributed by atoms with E-state index in [-0.39, 0.29) is 24.3 Å². The number of fused-ring (bicyclic) bond motifs is 3. The molecule has 3 heterocycles. The number of nitrogens with zero attached hydrogens (tertiary/aromatic N) is 3. The topological polar surface area (TPSA) is 60.9 Å². The Morgan fingerprint density at radius 1 is 0.931 bits per heavy atom. The maximum atomic E-state index is 13.4. The molecule has 3 aliphatic rings. The second kappa shape index (κ2) is 7.03. The number of hydrogen-bond donors (Lipinski definition) is 0. The van der Waals surface area contributed by atoms with Gasteiger partial charge < -0.3 is 14.7 Å². The Bertz CT molecular complexity index is 1000. The highest BCUT2D eigenvalue weighted by Gasteiger charge is 2.42. The van der Waals surface area contributed by atoms with Crippen molar-refractivity contribution in [1.82, 2.24) is 4.90 Å². The fourth-order valence-corrected chi connectivity index (χ4v) is 4.79. The SMILES string of the molecule is O=C(CN1C(=O)[C@H]2CCCN2C(=O)c2ccccc21)N1CCCc2ccccc21. The molecule has 0 spiro atoms. The lowest BCUT2D eigenvalue weighted by molar-refractivity contribution is -0.124. The van der Waals surface area contributed by atoms with Crippen molar-refractivity contribution in [2.45, 2.75) is 31.7 Å². The third-order valence-corrected chi connectivity index (χ3v) is 6.19. The molecule has 2 aromatic carbocycles. The number of anilines is 2. The van der Waals surface area contributed by atoms with E-state index in [1.165, 1.54) is 4.90 Å². The fraction of sp³-hybridized carbons (Fsp3) is 0.348. The van der Waals surface area contributed by atoms with E-state index < -0.39 is 6.04 Å². The highest BCUT2D eigenvalue weighted by molar-refractivity contribution is 6.13. The molecular weight excluding hydrogens is 366 g/mol. The third kappa shape index (κ3) is 2.90. The summed E-state index contributed by atoms with van der Waals surface area (Å²) in [4.78, 5) is 44.7. The van der Waals surface area contributed by atoms with E-state index in [0.29, 0.717) is 30.8 Å². The number of carbonyl (C=O) groups excluding carboxylic acids is 3. The smallest absolute Gasteiger partial charge is 0.256 e. The number of benzene rings is 2. The molecule has 2 aromatic rings. The lowest BCUT2D eigenvalue weighted by atomic mass is 10.0. The lowest BCUT2D eigenvalue weighted by Gasteiger charge is -2.32. The minimum absolute atomic E-state index is 0.0538. The van der Waals surface area contributed by atoms with Crippen LogP contribution in [0.5, 0.6) is 0 Å². The largest absolute Gasteiger partial charge is 0.327 e. The molecule has 5 rings (SSSR count). The van der Waals surface area contributed by atoms with E-state index in [1.54, 1.807) is 28.0 Å². The first-order chi connectivity index (χ1) is 14.1. The molecule has 1 fully saturated rings. The number of carbonyl (C=O) groups is 3. The normalized spacial score (nSPS) is 20.8. The average molecular weight is 389 g/mol. The second-order valence-corrected chi connectivity index (χ2v) is 7.88. The molecule has 6 nitrogen and oxygen atoms in total. The number of hydrogen-bond acceptors (Lipinski definition) is 3. The van der Waals surface area contributed by atoms with Gasteiger partial charge in [-0.15, -0.1) is 0 Å². The van der Waals surface area contributed by atoms with E-state index in [9.17, 15) is 14.4 Å². The maximum absolute atomic E-state index is 13.4. The van der Waals surface area contributed by atoms with E-state index in [0.717, 1.165) is 30.5 Å². The van der Waals surface area contributed by atoms with E-state index >= 15 is 0 Å². The summed E-state index contributed by atoms with van der Waals surface area (Å²) in [5.41, 5.74) is 3.12. The zero-order valence-corrected chi connectivity index (χ0v) is 16.2. The fourth-order valence-electron chi connectivity index (χ4n) is 4.79. The molecule has 1 atom stereocenters. The molecule has 6 heteroatoms. The van der Waals surface area contributed by atoms with Gasteiger partial charge in [-0.05, 0) is 49.4 Å². The summed E-state index contributed by atoms with van der Waals surface area (Å²) < 4.78 is 0. The van der Waals surface area contributed by atoms with Gasteiger partial charge >= 0.3 is 0 Å². The van der Waals surface area contributed by atoms with Gasteiger partial charge in [-0.1, -0.05) is 30.3 Å². The van der Waals surface area contributed by atoms with Gasteiger partial charge in [0, 0.05) is 18.8 Å². The summed E-state index contributed by atoms with van der Waals surface area (Å²) in [7, 11) is 0. The molecule has 0 bridgehead atoms. The summed E-state index contributed by atoms with van der Waals surface area (Å²) in [5, 5.41) is 0. The van der Waals surface area contributed by atoms with E-state index in [4.69, 9.17) is 0 Å². The van der Waals surface area contributed by atoms with Crippen molar-refractivity contribution in [2.24, 2.45) is 0 Å². The van der Waals surface area contributed by atoms with Gasteiger partial charge in [0.05, 0.1) is 11.3 Å². The summed E-state index contributed by atoms with van der Waals surface area (Å²) >= 11 is 0. The van der Waals surface area contributed by atoms with Crippen molar-refractivity contribution < 1.29 is 14.4 Å². The van der Waals surface area contributed by atoms with Crippen LogP contribution in [0, 0.1) is 0 Å². The quantitative estimate of drug-likeness (QED) is 0.793. The summed E-state index contributed by atoms with van der Waals surface area (Å²) in [6.07, 6.45) is 3.32. The van der Waals surface area contributed by atoms with Gasteiger partial charge in [0.2, 0.25) is 11.8 Å². The molecule has 1 saturated heterocycles. The zero-order valence-electron chi connectivity index (χ0n) is 16.2. The minimum atomic E-state index is -0.476. The van der Waals surface area contributed by atoms with Crippen molar-refractivity contribution in [2.75, 3.05) is 29.4 Å². The Labute approximate surface area is 169 Å². The van der Waals surface area contributed by atoms with E-state index in [2.05, 4.69) is 6.07 Å². The number of para-hydroxylation sites is 2. The van der Waals surface area contributed by atoms with Gasteiger partial charge in [0.1, 0.15) is 12.6 Å². The maximum Gasteiger partial charge on any atom is 0.256 e. The molecule has 29 heavy (non-hydrogen) atoms. The van der Waals surface area contributed by atoms with Gasteiger partial charge in [-0.3, -0.25) is 14.4 Å². The van der Waals surface area contributed by atoms with Crippen molar-refractivity contribution in [3.8, 4) is 0 Å². The van der Waals surface area contributed by atoms with Crippen LogP contribution >= 0.6 is 0 Å². The van der Waals surface area contributed by atoms with Crippen LogP contribution in [0.2, 0.25) is 0 Å². The highest BCUT2D eigenvalue weighted by atomic mass is 16.2. The first-order valence-electron chi connectivity index (χ1n) is 10.2. The number of rotatable bonds is 2. The van der Waals surface area contributed by atoms with Crippen LogP contribution in [-0.2, 0) is 16.0 Å². The Morgan fingerprint density at radius 3 is 2.55 bits per heavy atom. The van der Waals surface area contributed by atoms with Crippen LogP contribution in [0.1, 0.15) is 35.2 Å². The molecule has 0 unspecified atom stereocenters. The van der Waals surface area contributed by atoms with Crippen molar-refractivity contribution in [3.05, 3.63) is 59.7 Å². The number of amides is 3. The molecule has 3 amide bonds. The summed E-state index contributed by atoms with van der Waals surface area (Å²) in [6.45, 7) is 1.18. The zero-order chi connectivity index (χ0) is 20.0. The Morgan fingerprint density at radius 2 is 1.69 bits per heavy atom.